The van der Waals surface area contributed by atoms with Crippen LogP contribution in [0.15, 0.2) is 0 Å². The number of halogens is 2. The van der Waals surface area contributed by atoms with Crippen molar-refractivity contribution in [2.45, 2.75) is 6.92 Å². The van der Waals surface area contributed by atoms with Crippen LogP contribution in [0.25, 0.3) is 0 Å². The number of nitrogens with zero attached hydrogens (tertiary/aromatic N) is 1. The summed E-state index contributed by atoms with van der Waals surface area (Å²) in [5.74, 6) is 0. The Hall–Kier alpha value is -0.0100. The summed E-state index contributed by atoms with van der Waals surface area (Å²) in [7, 11) is 0. The second kappa shape index (κ2) is 17.2. The monoisotopic (exact) mass is 213 g/mol. The predicted octanol–water partition coefficient (Wildman–Crippen LogP) is 1.98. The van der Waals surface area contributed by atoms with Crippen LogP contribution in [0.2, 0.25) is 0 Å². The first kappa shape index (κ1) is 14.5. The molecule has 12 heavy (non-hydrogen) atoms. The lowest BCUT2D eigenvalue weighted by molar-refractivity contribution is -0.0334. The van der Waals surface area contributed by atoms with Gasteiger partial charge in [-0.15, -0.1) is 23.2 Å². The molecule has 0 aromatic heterocycles. The molecule has 0 aliphatic carbocycles. The van der Waals surface area contributed by atoms with E-state index in [1.807, 2.05) is 0 Å². The van der Waals surface area contributed by atoms with Gasteiger partial charge in [0.1, 0.15) is 0 Å². The zero-order chi connectivity index (χ0) is 9.66. The van der Waals surface area contributed by atoms with Crippen molar-refractivity contribution in [1.29, 1.82) is 5.26 Å². The molecule has 0 unspecified atom stereocenters. The molecule has 1 aliphatic heterocycles. The number of alkyl halides is 2. The molecule has 3 nitrogen and oxygen atoms in total. The first-order chi connectivity index (χ1) is 5.83. The molecule has 0 atom stereocenters. The summed E-state index contributed by atoms with van der Waals surface area (Å²) in [6, 6.07) is 1.75. The lowest BCUT2D eigenvalue weighted by atomic mass is 10.6. The van der Waals surface area contributed by atoms with Gasteiger partial charge in [0, 0.05) is 6.92 Å². The number of ether oxygens (including phenoxy) is 2. The van der Waals surface area contributed by atoms with Crippen LogP contribution in [0.3, 0.4) is 0 Å². The zero-order valence-corrected chi connectivity index (χ0v) is 8.57. The smallest absolute Gasteiger partial charge is 0.0967 e. The molecule has 0 amide bonds. The molecule has 1 saturated heterocycles. The summed E-state index contributed by atoms with van der Waals surface area (Å²) < 4.78 is 9.89. The molecule has 1 rings (SSSR count). The number of rotatable bonds is 0. The van der Waals surface area contributed by atoms with E-state index in [1.54, 1.807) is 6.07 Å². The van der Waals surface area contributed by atoms with Crippen molar-refractivity contribution in [3.63, 3.8) is 0 Å². The summed E-state index contributed by atoms with van der Waals surface area (Å²) in [5, 5.41) is 7.51. The summed E-state index contributed by atoms with van der Waals surface area (Å²) in [6.45, 7) is 4.54. The van der Waals surface area contributed by atoms with Crippen molar-refractivity contribution in [3.8, 4) is 6.07 Å². The maximum Gasteiger partial charge on any atom is 0.0967 e. The predicted molar refractivity (Wildman–Crippen MR) is 49.5 cm³/mol. The van der Waals surface area contributed by atoms with E-state index >= 15 is 0 Å². The maximum atomic E-state index is 7.32. The van der Waals surface area contributed by atoms with Crippen molar-refractivity contribution >= 4 is 23.2 Å². The van der Waals surface area contributed by atoms with Crippen molar-refractivity contribution in [1.82, 2.24) is 0 Å². The molecule has 0 bridgehead atoms. The Morgan fingerprint density at radius 3 is 1.42 bits per heavy atom. The van der Waals surface area contributed by atoms with Crippen molar-refractivity contribution in [2.24, 2.45) is 0 Å². The molecule has 1 heterocycles. The fraction of sp³-hybridized carbons (Fsp3) is 0.857. The van der Waals surface area contributed by atoms with E-state index in [9.17, 15) is 0 Å². The molecule has 1 fully saturated rings. The molecule has 0 aromatic rings. The summed E-state index contributed by atoms with van der Waals surface area (Å²) >= 11 is 9.53. The van der Waals surface area contributed by atoms with Crippen molar-refractivity contribution < 1.29 is 9.47 Å². The van der Waals surface area contributed by atoms with Crippen LogP contribution >= 0.6 is 23.2 Å². The fourth-order valence-corrected chi connectivity index (χ4v) is 0.440. The quantitative estimate of drug-likeness (QED) is 0.579. The van der Waals surface area contributed by atoms with Crippen LogP contribution in [0.1, 0.15) is 6.92 Å². The summed E-state index contributed by atoms with van der Waals surface area (Å²) in [5.41, 5.74) is 0. The van der Waals surface area contributed by atoms with E-state index in [0.717, 1.165) is 26.4 Å². The second-order valence-electron chi connectivity index (χ2n) is 1.55. The molecule has 0 radical (unpaired) electrons. The Bertz CT molecular complexity index is 90.6. The van der Waals surface area contributed by atoms with Crippen LogP contribution in [-0.2, 0) is 9.47 Å². The van der Waals surface area contributed by atoms with E-state index in [4.69, 9.17) is 37.9 Å². The molecule has 0 spiro atoms. The average molecular weight is 214 g/mol. The molecule has 5 heteroatoms. The minimum absolute atomic E-state index is 0.194. The SMILES string of the molecule is C1COCCO1.CC#N.ClCCl. The van der Waals surface area contributed by atoms with Gasteiger partial charge in [-0.2, -0.15) is 5.26 Å². The van der Waals surface area contributed by atoms with E-state index in [2.05, 4.69) is 0 Å². The Balaban J connectivity index is 0. The Labute approximate surface area is 83.2 Å². The van der Waals surface area contributed by atoms with Gasteiger partial charge in [-0.25, -0.2) is 0 Å². The van der Waals surface area contributed by atoms with E-state index in [-0.39, 0.29) is 5.34 Å². The lowest BCUT2D eigenvalue weighted by Gasteiger charge is -2.09. The number of hydrogen-bond acceptors (Lipinski definition) is 3. The van der Waals surface area contributed by atoms with Crippen molar-refractivity contribution in [2.75, 3.05) is 31.8 Å². The van der Waals surface area contributed by atoms with Gasteiger partial charge in [0.25, 0.3) is 0 Å². The largest absolute Gasteiger partial charge is 0.377 e. The van der Waals surface area contributed by atoms with Gasteiger partial charge in [0.2, 0.25) is 0 Å². The minimum Gasteiger partial charge on any atom is -0.377 e. The Kier molecular flexibility index (Phi) is 20.8. The molecule has 1 aliphatic rings. The van der Waals surface area contributed by atoms with Gasteiger partial charge in [-0.3, -0.25) is 0 Å². The summed E-state index contributed by atoms with van der Waals surface area (Å²) in [6.07, 6.45) is 0. The van der Waals surface area contributed by atoms with Crippen LogP contribution in [0.5, 0.6) is 0 Å². The Morgan fingerprint density at radius 1 is 1.17 bits per heavy atom. The third-order valence-electron chi connectivity index (χ3n) is 0.744. The second-order valence-corrected chi connectivity index (χ2v) is 2.36. The van der Waals surface area contributed by atoms with Gasteiger partial charge in [-0.1, -0.05) is 0 Å². The highest BCUT2D eigenvalue weighted by Crippen LogP contribution is 1.85. The number of hydrogen-bond donors (Lipinski definition) is 0. The van der Waals surface area contributed by atoms with Gasteiger partial charge < -0.3 is 9.47 Å². The summed E-state index contributed by atoms with van der Waals surface area (Å²) in [4.78, 5) is 0. The highest BCUT2D eigenvalue weighted by Gasteiger charge is 1.94. The molecule has 0 N–H and O–H groups in total. The van der Waals surface area contributed by atoms with Gasteiger partial charge in [0.15, 0.2) is 0 Å². The molecule has 0 saturated carbocycles. The minimum atomic E-state index is 0.194. The lowest BCUT2D eigenvalue weighted by Crippen LogP contribution is -2.16. The first-order valence-electron chi connectivity index (χ1n) is 3.41. The molecular formula is C7H13Cl2NO2. The fourth-order valence-electron chi connectivity index (χ4n) is 0.440. The van der Waals surface area contributed by atoms with Crippen LogP contribution in [0, 0.1) is 11.3 Å². The third kappa shape index (κ3) is 22.5. The highest BCUT2D eigenvalue weighted by atomic mass is 35.5. The van der Waals surface area contributed by atoms with E-state index in [0.29, 0.717) is 0 Å². The first-order valence-corrected chi connectivity index (χ1v) is 4.48. The Morgan fingerprint density at radius 2 is 1.33 bits per heavy atom. The maximum absolute atomic E-state index is 7.32. The topological polar surface area (TPSA) is 42.2 Å². The van der Waals surface area contributed by atoms with Crippen LogP contribution < -0.4 is 0 Å². The van der Waals surface area contributed by atoms with E-state index < -0.39 is 0 Å². The molecule has 72 valence electrons. The van der Waals surface area contributed by atoms with Crippen LogP contribution in [-0.4, -0.2) is 31.8 Å². The highest BCUT2D eigenvalue weighted by molar-refractivity contribution is 6.40. The molecule has 0 aromatic carbocycles. The normalized spacial score (nSPS) is 14.2. The van der Waals surface area contributed by atoms with Crippen molar-refractivity contribution in [3.05, 3.63) is 0 Å². The third-order valence-corrected chi connectivity index (χ3v) is 0.744. The standard InChI is InChI=1S/C4H8O2.C2H3N.CH2Cl2/c1-2-6-4-3-5-1;1-2-3;2-1-3/h1-4H2;1H3;1H2. The van der Waals surface area contributed by atoms with Gasteiger partial charge in [-0.05, 0) is 0 Å². The van der Waals surface area contributed by atoms with Gasteiger partial charge in [0.05, 0.1) is 37.8 Å². The average Bonchev–Trinajstić information content (AvgIpc) is 2.10. The van der Waals surface area contributed by atoms with Crippen LogP contribution in [0.4, 0.5) is 0 Å². The number of nitriles is 1. The molecular weight excluding hydrogens is 201 g/mol. The van der Waals surface area contributed by atoms with Gasteiger partial charge >= 0.3 is 0 Å². The zero-order valence-electron chi connectivity index (χ0n) is 7.06. The van der Waals surface area contributed by atoms with E-state index in [1.165, 1.54) is 6.92 Å².